The second-order valence-electron chi connectivity index (χ2n) is 7.48. The van der Waals surface area contributed by atoms with Gasteiger partial charge in [0.1, 0.15) is 5.75 Å². The first-order valence-corrected chi connectivity index (χ1v) is 10.0. The predicted octanol–water partition coefficient (Wildman–Crippen LogP) is 2.36. The van der Waals surface area contributed by atoms with Crippen LogP contribution in [0, 0.1) is 19.8 Å². The first-order chi connectivity index (χ1) is 14.4. The van der Waals surface area contributed by atoms with Gasteiger partial charge in [0.15, 0.2) is 11.9 Å². The van der Waals surface area contributed by atoms with E-state index in [1.165, 1.54) is 6.26 Å². The Morgan fingerprint density at radius 1 is 1.10 bits per heavy atom. The molecule has 1 atom stereocenters. The van der Waals surface area contributed by atoms with E-state index in [0.29, 0.717) is 37.4 Å². The summed E-state index contributed by atoms with van der Waals surface area (Å²) in [5.41, 5.74) is 6.95. The second-order valence-corrected chi connectivity index (χ2v) is 7.48. The van der Waals surface area contributed by atoms with E-state index < -0.39 is 12.0 Å². The number of nitrogens with one attached hydrogen (secondary N) is 2. The third-order valence-electron chi connectivity index (χ3n) is 5.42. The normalized spacial score (nSPS) is 15.4. The van der Waals surface area contributed by atoms with E-state index in [1.54, 1.807) is 24.0 Å². The van der Waals surface area contributed by atoms with Crippen LogP contribution < -0.4 is 15.6 Å². The number of rotatable bonds is 5. The average Bonchev–Trinajstić information content (AvgIpc) is 3.29. The Morgan fingerprint density at radius 2 is 1.83 bits per heavy atom. The molecule has 0 saturated carbocycles. The Balaban J connectivity index is 1.43. The highest BCUT2D eigenvalue weighted by Crippen LogP contribution is 2.22. The van der Waals surface area contributed by atoms with Crippen molar-refractivity contribution in [3.8, 4) is 5.75 Å². The predicted molar refractivity (Wildman–Crippen MR) is 110 cm³/mol. The van der Waals surface area contributed by atoms with E-state index in [1.807, 2.05) is 32.0 Å². The van der Waals surface area contributed by atoms with Crippen molar-refractivity contribution in [3.63, 3.8) is 0 Å². The van der Waals surface area contributed by atoms with Crippen molar-refractivity contribution in [2.45, 2.75) is 39.7 Å². The molecule has 0 spiro atoms. The Kier molecular flexibility index (Phi) is 6.76. The first kappa shape index (κ1) is 21.4. The minimum atomic E-state index is -0.765. The van der Waals surface area contributed by atoms with Crippen LogP contribution in [0.4, 0.5) is 0 Å². The van der Waals surface area contributed by atoms with E-state index in [2.05, 4.69) is 10.9 Å². The van der Waals surface area contributed by atoms with E-state index in [-0.39, 0.29) is 17.7 Å². The van der Waals surface area contributed by atoms with Gasteiger partial charge in [-0.1, -0.05) is 12.1 Å². The lowest BCUT2D eigenvalue weighted by Crippen LogP contribution is -2.51. The molecule has 1 unspecified atom stereocenters. The van der Waals surface area contributed by atoms with Gasteiger partial charge in [0.25, 0.3) is 11.8 Å². The van der Waals surface area contributed by atoms with Gasteiger partial charge in [-0.3, -0.25) is 25.2 Å². The fourth-order valence-electron chi connectivity index (χ4n) is 3.32. The number of hydrazine groups is 1. The number of hydrogen-bond donors (Lipinski definition) is 2. The van der Waals surface area contributed by atoms with Crippen LogP contribution >= 0.6 is 0 Å². The van der Waals surface area contributed by atoms with Gasteiger partial charge in [-0.05, 0) is 62.9 Å². The van der Waals surface area contributed by atoms with Gasteiger partial charge >= 0.3 is 0 Å². The summed E-state index contributed by atoms with van der Waals surface area (Å²) >= 11 is 0. The van der Waals surface area contributed by atoms with Crippen molar-refractivity contribution >= 4 is 17.7 Å². The number of ether oxygens (including phenoxy) is 1. The molecule has 1 fully saturated rings. The van der Waals surface area contributed by atoms with Gasteiger partial charge < -0.3 is 14.1 Å². The highest BCUT2D eigenvalue weighted by molar-refractivity contribution is 5.91. The summed E-state index contributed by atoms with van der Waals surface area (Å²) in [4.78, 5) is 38.6. The molecule has 2 N–H and O–H groups in total. The third kappa shape index (κ3) is 5.00. The Bertz CT molecular complexity index is 902. The molecule has 2 aromatic rings. The molecule has 0 radical (unpaired) electrons. The fourth-order valence-corrected chi connectivity index (χ4v) is 3.32. The zero-order valence-corrected chi connectivity index (χ0v) is 17.4. The molecule has 1 aromatic heterocycles. The third-order valence-corrected chi connectivity index (χ3v) is 5.42. The zero-order chi connectivity index (χ0) is 21.7. The fraction of sp³-hybridized carbons (Fsp3) is 0.409. The number of carbonyl (C=O) groups excluding carboxylic acids is 3. The van der Waals surface area contributed by atoms with Crippen LogP contribution in [-0.4, -0.2) is 41.8 Å². The molecule has 8 nitrogen and oxygen atoms in total. The molecule has 1 saturated heterocycles. The molecule has 3 rings (SSSR count). The van der Waals surface area contributed by atoms with E-state index in [0.717, 1.165) is 11.1 Å². The maximum absolute atomic E-state index is 12.4. The topological polar surface area (TPSA) is 101 Å². The number of amides is 3. The number of benzene rings is 1. The van der Waals surface area contributed by atoms with Crippen molar-refractivity contribution in [1.82, 2.24) is 15.8 Å². The molecular weight excluding hydrogens is 386 g/mol. The number of hydrogen-bond acceptors (Lipinski definition) is 5. The minimum Gasteiger partial charge on any atom is -0.481 e. The van der Waals surface area contributed by atoms with Crippen LogP contribution in [0.25, 0.3) is 0 Å². The Labute approximate surface area is 175 Å². The van der Waals surface area contributed by atoms with Crippen molar-refractivity contribution in [2.75, 3.05) is 13.1 Å². The standard InChI is InChI=1S/C22H27N3O5/c1-14-6-4-7-18(15(14)2)30-16(3)20(26)23-24-21(27)17-9-11-25(12-10-17)22(28)19-8-5-13-29-19/h4-8,13,16-17H,9-12H2,1-3H3,(H,23,26)(H,24,27). The molecule has 1 aliphatic heterocycles. The van der Waals surface area contributed by atoms with Crippen molar-refractivity contribution in [2.24, 2.45) is 5.92 Å². The summed E-state index contributed by atoms with van der Waals surface area (Å²) in [5.74, 6) is -0.228. The quantitative estimate of drug-likeness (QED) is 0.733. The van der Waals surface area contributed by atoms with Crippen LogP contribution in [0.15, 0.2) is 41.0 Å². The van der Waals surface area contributed by atoms with Gasteiger partial charge in [0, 0.05) is 19.0 Å². The summed E-state index contributed by atoms with van der Waals surface area (Å²) in [6.07, 6.45) is 1.73. The summed E-state index contributed by atoms with van der Waals surface area (Å²) < 4.78 is 10.9. The van der Waals surface area contributed by atoms with Crippen LogP contribution in [0.3, 0.4) is 0 Å². The van der Waals surface area contributed by atoms with Gasteiger partial charge in [-0.25, -0.2) is 0 Å². The second kappa shape index (κ2) is 9.47. The Morgan fingerprint density at radius 3 is 2.50 bits per heavy atom. The van der Waals surface area contributed by atoms with Gasteiger partial charge in [-0.15, -0.1) is 0 Å². The number of aryl methyl sites for hydroxylation is 1. The maximum atomic E-state index is 12.4. The lowest BCUT2D eigenvalue weighted by Gasteiger charge is -2.30. The maximum Gasteiger partial charge on any atom is 0.289 e. The Hall–Kier alpha value is -3.29. The van der Waals surface area contributed by atoms with Crippen molar-refractivity contribution in [3.05, 3.63) is 53.5 Å². The molecule has 8 heteroatoms. The zero-order valence-electron chi connectivity index (χ0n) is 17.4. The largest absolute Gasteiger partial charge is 0.481 e. The number of nitrogens with zero attached hydrogens (tertiary/aromatic N) is 1. The molecule has 2 heterocycles. The van der Waals surface area contributed by atoms with Crippen molar-refractivity contribution < 1.29 is 23.5 Å². The molecule has 160 valence electrons. The molecule has 0 aliphatic carbocycles. The smallest absolute Gasteiger partial charge is 0.289 e. The summed E-state index contributed by atoms with van der Waals surface area (Å²) in [6, 6.07) is 8.94. The monoisotopic (exact) mass is 413 g/mol. The van der Waals surface area contributed by atoms with Crippen LogP contribution in [-0.2, 0) is 9.59 Å². The summed E-state index contributed by atoms with van der Waals surface area (Å²) in [7, 11) is 0. The molecule has 0 bridgehead atoms. The average molecular weight is 413 g/mol. The molecule has 3 amide bonds. The lowest BCUT2D eigenvalue weighted by atomic mass is 9.96. The summed E-state index contributed by atoms with van der Waals surface area (Å²) in [6.45, 7) is 6.44. The SMILES string of the molecule is Cc1cccc(OC(C)C(=O)NNC(=O)C2CCN(C(=O)c3ccco3)CC2)c1C. The number of piperidine rings is 1. The summed E-state index contributed by atoms with van der Waals surface area (Å²) in [5, 5.41) is 0. The van der Waals surface area contributed by atoms with Gasteiger partial charge in [0.05, 0.1) is 6.26 Å². The van der Waals surface area contributed by atoms with Gasteiger partial charge in [0.2, 0.25) is 5.91 Å². The molecule has 1 aromatic carbocycles. The minimum absolute atomic E-state index is 0.176. The van der Waals surface area contributed by atoms with E-state index >= 15 is 0 Å². The number of likely N-dealkylation sites (tertiary alicyclic amines) is 1. The highest BCUT2D eigenvalue weighted by atomic mass is 16.5. The number of furan rings is 1. The lowest BCUT2D eigenvalue weighted by molar-refractivity contribution is -0.134. The van der Waals surface area contributed by atoms with E-state index in [9.17, 15) is 14.4 Å². The first-order valence-electron chi connectivity index (χ1n) is 10.0. The highest BCUT2D eigenvalue weighted by Gasteiger charge is 2.29. The van der Waals surface area contributed by atoms with Crippen molar-refractivity contribution in [1.29, 1.82) is 0 Å². The number of carbonyl (C=O) groups is 3. The molecule has 1 aliphatic rings. The van der Waals surface area contributed by atoms with E-state index in [4.69, 9.17) is 9.15 Å². The molecule has 30 heavy (non-hydrogen) atoms. The van der Waals surface area contributed by atoms with Gasteiger partial charge in [-0.2, -0.15) is 0 Å². The van der Waals surface area contributed by atoms with Crippen LogP contribution in [0.1, 0.15) is 41.4 Å². The van der Waals surface area contributed by atoms with Crippen LogP contribution in [0.5, 0.6) is 5.75 Å². The van der Waals surface area contributed by atoms with Crippen LogP contribution in [0.2, 0.25) is 0 Å². The molecular formula is C22H27N3O5.